The van der Waals surface area contributed by atoms with Crippen molar-refractivity contribution in [3.63, 3.8) is 0 Å². The van der Waals surface area contributed by atoms with Crippen LogP contribution in [0.1, 0.15) is 144 Å². The zero-order chi connectivity index (χ0) is 46.9. The van der Waals surface area contributed by atoms with Crippen LogP contribution in [0.3, 0.4) is 0 Å². The Morgan fingerprint density at radius 3 is 1.10 bits per heavy atom. The van der Waals surface area contributed by atoms with Gasteiger partial charge in [0.15, 0.2) is 17.3 Å². The predicted octanol–water partition coefficient (Wildman–Crippen LogP) is 14.5. The highest BCUT2D eigenvalue weighted by molar-refractivity contribution is 6.13. The predicted molar refractivity (Wildman–Crippen MR) is 275 cm³/mol. The molecule has 6 aromatic rings. The van der Waals surface area contributed by atoms with Gasteiger partial charge in [0, 0.05) is 82.1 Å². The Kier molecular flexibility index (Phi) is 12.7. The van der Waals surface area contributed by atoms with Crippen molar-refractivity contribution < 1.29 is 14.4 Å². The summed E-state index contributed by atoms with van der Waals surface area (Å²) in [6.45, 7) is 8.58. The fraction of sp³-hybridized carbons (Fsp3) is 0.254. The molecule has 2 saturated carbocycles. The molecular formula is C63H60N2O3. The number of carbonyl (C=O) groups is 3. The van der Waals surface area contributed by atoms with Gasteiger partial charge in [0.05, 0.1) is 0 Å². The number of aryl methyl sites for hydroxylation is 2. The van der Waals surface area contributed by atoms with E-state index in [0.717, 1.165) is 70.2 Å². The number of rotatable bonds is 12. The van der Waals surface area contributed by atoms with Crippen molar-refractivity contribution in [1.29, 1.82) is 0 Å². The van der Waals surface area contributed by atoms with Gasteiger partial charge in [-0.1, -0.05) is 171 Å². The number of hydrogen-bond donors (Lipinski definition) is 0. The Hall–Kier alpha value is -7.11. The number of allylic oxidation sites excluding steroid dienone is 4. The van der Waals surface area contributed by atoms with Crippen LogP contribution in [0, 0.1) is 27.7 Å². The van der Waals surface area contributed by atoms with Gasteiger partial charge in [-0.3, -0.25) is 14.4 Å². The van der Waals surface area contributed by atoms with Gasteiger partial charge in [0.2, 0.25) is 0 Å². The zero-order valence-corrected chi connectivity index (χ0v) is 39.8. The second kappa shape index (κ2) is 19.2. The molecule has 2 atom stereocenters. The Labute approximate surface area is 402 Å². The minimum Gasteiger partial charge on any atom is -0.350 e. The van der Waals surface area contributed by atoms with Crippen molar-refractivity contribution in [2.45, 2.75) is 103 Å². The Morgan fingerprint density at radius 1 is 0.382 bits per heavy atom. The smallest absolute Gasteiger partial charge is 0.193 e. The number of ketones is 3. The Morgan fingerprint density at radius 2 is 0.735 bits per heavy atom. The lowest BCUT2D eigenvalue weighted by Crippen LogP contribution is -2.30. The van der Waals surface area contributed by atoms with E-state index in [0.29, 0.717) is 34.3 Å². The van der Waals surface area contributed by atoms with E-state index in [1.807, 2.05) is 84.9 Å². The van der Waals surface area contributed by atoms with Gasteiger partial charge in [-0.2, -0.15) is 0 Å². The van der Waals surface area contributed by atoms with Crippen LogP contribution in [0.15, 0.2) is 182 Å². The van der Waals surface area contributed by atoms with Crippen molar-refractivity contribution >= 4 is 28.5 Å². The van der Waals surface area contributed by atoms with Crippen LogP contribution in [0.5, 0.6) is 0 Å². The molecule has 6 aromatic carbocycles. The van der Waals surface area contributed by atoms with E-state index in [4.69, 9.17) is 0 Å². The van der Waals surface area contributed by atoms with Gasteiger partial charge >= 0.3 is 0 Å². The van der Waals surface area contributed by atoms with Gasteiger partial charge in [-0.25, -0.2) is 0 Å². The van der Waals surface area contributed by atoms with Crippen LogP contribution in [0.2, 0.25) is 0 Å². The molecular weight excluding hydrogens is 833 g/mol. The fourth-order valence-electron chi connectivity index (χ4n) is 11.2. The molecule has 5 heteroatoms. The van der Waals surface area contributed by atoms with Crippen molar-refractivity contribution in [1.82, 2.24) is 9.80 Å². The normalized spacial score (nSPS) is 18.8. The second-order valence-electron chi connectivity index (χ2n) is 19.4. The second-order valence-corrected chi connectivity index (χ2v) is 19.4. The molecule has 0 amide bonds. The largest absolute Gasteiger partial charge is 0.350 e. The van der Waals surface area contributed by atoms with Crippen LogP contribution in [-0.4, -0.2) is 39.2 Å². The molecule has 0 N–H and O–H groups in total. The molecule has 0 radical (unpaired) electrons. The van der Waals surface area contributed by atoms with Gasteiger partial charge in [0.1, 0.15) is 0 Å². The lowest BCUT2D eigenvalue weighted by atomic mass is 9.75. The maximum atomic E-state index is 14.7. The van der Waals surface area contributed by atoms with Crippen LogP contribution in [0.25, 0.3) is 11.1 Å². The summed E-state index contributed by atoms with van der Waals surface area (Å²) in [7, 11) is 0. The molecule has 0 spiro atoms. The van der Waals surface area contributed by atoms with Crippen LogP contribution in [-0.2, 0) is 0 Å². The first-order chi connectivity index (χ1) is 33.1. The molecule has 0 bridgehead atoms. The van der Waals surface area contributed by atoms with E-state index in [1.165, 1.54) is 47.9 Å². The molecule has 5 nitrogen and oxygen atoms in total. The molecule has 340 valence electrons. The Balaban J connectivity index is 0.994. The summed E-state index contributed by atoms with van der Waals surface area (Å²) in [6, 6.07) is 48.7. The lowest BCUT2D eigenvalue weighted by molar-refractivity contribution is 0.101. The first-order valence-electron chi connectivity index (χ1n) is 24.6. The van der Waals surface area contributed by atoms with Crippen molar-refractivity contribution in [3.8, 4) is 0 Å². The highest BCUT2D eigenvalue weighted by Crippen LogP contribution is 2.47. The lowest BCUT2D eigenvalue weighted by Gasteiger charge is -2.36. The number of carbonyl (C=O) groups excluding carboxylic acids is 3. The third-order valence-electron chi connectivity index (χ3n) is 15.4. The summed E-state index contributed by atoms with van der Waals surface area (Å²) in [5.74, 6) is -0.579. The minimum absolute atomic E-state index is 0.0333. The van der Waals surface area contributed by atoms with E-state index >= 15 is 0 Å². The standard InChI is InChI=1S/C63H60N2O3/c1-41-17-15-27-53(43(41)3)59-55(37-64(51-23-11-12-24-51)39-57(59)62(67)47-19-7-5-8-20-47)45-29-33-49(34-30-45)61(66)50-35-31-46(32-36-50)56-38-65(52-25-13-14-26-52)40-58(63(68)48-21-9-6-10-22-48)60(56)54-28-16-18-42(2)44(54)4/h5-10,15-22,27-40,51-52,59-60H,11-14,23-26H2,1-4H3. The first-order valence-corrected chi connectivity index (χ1v) is 24.6. The highest BCUT2D eigenvalue weighted by Gasteiger charge is 2.37. The summed E-state index contributed by atoms with van der Waals surface area (Å²) in [6.07, 6.45) is 17.8. The monoisotopic (exact) mass is 892 g/mol. The molecule has 0 aromatic heterocycles. The number of hydrogen-bond acceptors (Lipinski definition) is 5. The third kappa shape index (κ3) is 8.67. The van der Waals surface area contributed by atoms with Gasteiger partial charge in [-0.05, 0) is 109 Å². The minimum atomic E-state index is -0.293. The third-order valence-corrected chi connectivity index (χ3v) is 15.4. The van der Waals surface area contributed by atoms with Gasteiger partial charge < -0.3 is 9.80 Å². The first kappa shape index (κ1) is 44.7. The zero-order valence-electron chi connectivity index (χ0n) is 39.8. The molecule has 4 aliphatic rings. The molecule has 10 rings (SSSR count). The van der Waals surface area contributed by atoms with Crippen LogP contribution < -0.4 is 0 Å². The average molecular weight is 893 g/mol. The van der Waals surface area contributed by atoms with Crippen molar-refractivity contribution in [2.24, 2.45) is 0 Å². The quantitative estimate of drug-likeness (QED) is 0.115. The van der Waals surface area contributed by atoms with Crippen LogP contribution >= 0.6 is 0 Å². The average Bonchev–Trinajstić information content (AvgIpc) is 4.14. The van der Waals surface area contributed by atoms with Crippen LogP contribution in [0.4, 0.5) is 0 Å². The molecule has 2 fully saturated rings. The summed E-state index contributed by atoms with van der Waals surface area (Å²) in [5.41, 5.74) is 15.1. The summed E-state index contributed by atoms with van der Waals surface area (Å²) in [5, 5.41) is 0. The highest BCUT2D eigenvalue weighted by atomic mass is 16.1. The van der Waals surface area contributed by atoms with E-state index in [2.05, 4.69) is 123 Å². The molecule has 68 heavy (non-hydrogen) atoms. The molecule has 0 saturated heterocycles. The Bertz CT molecular complexity index is 2790. The van der Waals surface area contributed by atoms with Crippen molar-refractivity contribution in [2.75, 3.05) is 0 Å². The number of Topliss-reactive ketones (excluding diaryl/α,β-unsaturated/α-hetero) is 2. The van der Waals surface area contributed by atoms with Crippen molar-refractivity contribution in [3.05, 3.63) is 248 Å². The SMILES string of the molecule is Cc1cccc(C2C(C(=O)c3ccccc3)=CN(C3CCCC3)C=C2c2ccc(C(=O)c3ccc(C4=CN(C5CCCC5)C=C(C(=O)c5ccccc5)C4c4cccc(C)c4C)cc3)cc2)c1C. The van der Waals surface area contributed by atoms with E-state index in [1.54, 1.807) is 0 Å². The summed E-state index contributed by atoms with van der Waals surface area (Å²) in [4.78, 5) is 48.4. The molecule has 2 aliphatic heterocycles. The number of nitrogens with zero attached hydrogens (tertiary/aromatic N) is 2. The van der Waals surface area contributed by atoms with E-state index in [9.17, 15) is 14.4 Å². The topological polar surface area (TPSA) is 57.7 Å². The van der Waals surface area contributed by atoms with Gasteiger partial charge in [0.25, 0.3) is 0 Å². The molecule has 2 heterocycles. The maximum Gasteiger partial charge on any atom is 0.193 e. The number of benzene rings is 6. The molecule has 2 unspecified atom stereocenters. The molecule has 2 aliphatic carbocycles. The van der Waals surface area contributed by atoms with E-state index in [-0.39, 0.29) is 29.2 Å². The van der Waals surface area contributed by atoms with Gasteiger partial charge in [-0.15, -0.1) is 0 Å². The fourth-order valence-corrected chi connectivity index (χ4v) is 11.2. The summed E-state index contributed by atoms with van der Waals surface area (Å²) < 4.78 is 0. The maximum absolute atomic E-state index is 14.7. The van der Waals surface area contributed by atoms with E-state index < -0.39 is 0 Å². The summed E-state index contributed by atoms with van der Waals surface area (Å²) >= 11 is 0.